The molecule has 0 aliphatic carbocycles. The maximum Gasteiger partial charge on any atom is 0.330 e. The zero-order valence-electron chi connectivity index (χ0n) is 7.75. The van der Waals surface area contributed by atoms with Crippen LogP contribution in [-0.4, -0.2) is 16.9 Å². The second-order valence-electron chi connectivity index (χ2n) is 2.59. The highest BCUT2D eigenvalue weighted by atomic mass is 16.4. The average molecular weight is 198 g/mol. The predicted octanol–water partition coefficient (Wildman–Crippen LogP) is -0.395. The molecule has 0 saturated heterocycles. The minimum atomic E-state index is -0.854. The third kappa shape index (κ3) is 2.22. The number of nitrogens with two attached hydrogens (primary N) is 1. The fourth-order valence-electron chi connectivity index (χ4n) is 0.917. The van der Waals surface area contributed by atoms with Gasteiger partial charge in [0.15, 0.2) is 5.89 Å². The number of hydrogen-bond donors (Lipinski definition) is 3. The molecule has 1 aromatic heterocycles. The maximum absolute atomic E-state index is 11.3. The summed E-state index contributed by atoms with van der Waals surface area (Å²) in [6.07, 6.45) is 0. The Balaban J connectivity index is 2.69. The summed E-state index contributed by atoms with van der Waals surface area (Å²) in [6, 6.07) is -0.854. The molecule has 76 valence electrons. The van der Waals surface area contributed by atoms with Crippen molar-refractivity contribution >= 4 is 11.9 Å². The second-order valence-corrected chi connectivity index (χ2v) is 2.59. The highest BCUT2D eigenvalue weighted by Crippen LogP contribution is 2.08. The Morgan fingerprint density at radius 1 is 1.36 bits per heavy atom. The lowest BCUT2D eigenvalue weighted by molar-refractivity contribution is 0.0907. The van der Waals surface area contributed by atoms with Crippen molar-refractivity contribution in [2.45, 2.75) is 13.8 Å². The smallest absolute Gasteiger partial charge is 0.330 e. The van der Waals surface area contributed by atoms with Gasteiger partial charge >= 0.3 is 11.9 Å². The number of aryl methyl sites for hydroxylation is 2. The van der Waals surface area contributed by atoms with E-state index >= 15 is 0 Å². The van der Waals surface area contributed by atoms with Crippen molar-refractivity contribution < 1.29 is 14.0 Å². The topological polar surface area (TPSA) is 110 Å². The number of carbonyl (C=O) groups is 2. The molecule has 0 radical (unpaired) electrons. The zero-order valence-corrected chi connectivity index (χ0v) is 7.75. The molecular formula is C7H10N4O3. The van der Waals surface area contributed by atoms with Gasteiger partial charge in [-0.2, -0.15) is 0 Å². The number of oxazole rings is 1. The maximum atomic E-state index is 11.3. The summed E-state index contributed by atoms with van der Waals surface area (Å²) in [5.74, 6) is -0.162. The van der Waals surface area contributed by atoms with E-state index in [9.17, 15) is 9.59 Å². The van der Waals surface area contributed by atoms with E-state index in [4.69, 9.17) is 10.2 Å². The van der Waals surface area contributed by atoms with Crippen molar-refractivity contribution in [1.82, 2.24) is 15.8 Å². The molecule has 1 aromatic rings. The minimum Gasteiger partial charge on any atom is -0.435 e. The van der Waals surface area contributed by atoms with E-state index in [0.29, 0.717) is 11.6 Å². The molecule has 0 aliphatic rings. The predicted molar refractivity (Wildman–Crippen MR) is 46.2 cm³/mol. The summed E-state index contributed by atoms with van der Waals surface area (Å²) in [7, 11) is 0. The minimum absolute atomic E-state index is 0.0521. The number of nitrogens with zero attached hydrogens (tertiary/aromatic N) is 1. The lowest BCUT2D eigenvalue weighted by Crippen LogP contribution is -2.44. The van der Waals surface area contributed by atoms with Gasteiger partial charge in [-0.05, 0) is 6.92 Å². The largest absolute Gasteiger partial charge is 0.435 e. The zero-order chi connectivity index (χ0) is 10.7. The fourth-order valence-corrected chi connectivity index (χ4v) is 0.917. The van der Waals surface area contributed by atoms with Gasteiger partial charge in [-0.3, -0.25) is 10.2 Å². The quantitative estimate of drug-likeness (QED) is 0.533. The summed E-state index contributed by atoms with van der Waals surface area (Å²) >= 11 is 0. The Hall–Kier alpha value is -2.05. The lowest BCUT2D eigenvalue weighted by Gasteiger charge is -2.01. The van der Waals surface area contributed by atoms with Crippen LogP contribution in [0.5, 0.6) is 0 Å². The third-order valence-corrected chi connectivity index (χ3v) is 1.41. The third-order valence-electron chi connectivity index (χ3n) is 1.41. The van der Waals surface area contributed by atoms with Crippen LogP contribution in [0, 0.1) is 13.8 Å². The van der Waals surface area contributed by atoms with Gasteiger partial charge in [-0.1, -0.05) is 0 Å². The summed E-state index contributed by atoms with van der Waals surface area (Å²) < 4.78 is 4.99. The number of urea groups is 1. The van der Waals surface area contributed by atoms with Crippen LogP contribution < -0.4 is 16.6 Å². The van der Waals surface area contributed by atoms with E-state index in [1.54, 1.807) is 13.8 Å². The van der Waals surface area contributed by atoms with Crippen LogP contribution in [0.1, 0.15) is 22.1 Å². The van der Waals surface area contributed by atoms with Crippen LogP contribution in [0.25, 0.3) is 0 Å². The number of rotatable bonds is 1. The van der Waals surface area contributed by atoms with Crippen molar-refractivity contribution in [3.8, 4) is 0 Å². The first-order valence-corrected chi connectivity index (χ1v) is 3.80. The highest BCUT2D eigenvalue weighted by Gasteiger charge is 2.15. The molecule has 7 heteroatoms. The number of amides is 3. The Labute approximate surface area is 79.6 Å². The molecule has 4 N–H and O–H groups in total. The number of aromatic nitrogens is 1. The van der Waals surface area contributed by atoms with E-state index in [1.165, 1.54) is 0 Å². The molecule has 0 spiro atoms. The molecule has 14 heavy (non-hydrogen) atoms. The summed E-state index contributed by atoms with van der Waals surface area (Å²) in [5, 5.41) is 0. The Kier molecular flexibility index (Phi) is 2.70. The molecule has 0 bridgehead atoms. The number of hydrogen-bond acceptors (Lipinski definition) is 4. The molecule has 0 unspecified atom stereocenters. The van der Waals surface area contributed by atoms with E-state index in [1.807, 2.05) is 5.43 Å². The molecule has 0 aromatic carbocycles. The number of carbonyl (C=O) groups excluding carboxylic acids is 2. The van der Waals surface area contributed by atoms with E-state index in [2.05, 4.69) is 10.4 Å². The van der Waals surface area contributed by atoms with Crippen LogP contribution in [0.2, 0.25) is 0 Å². The van der Waals surface area contributed by atoms with Crippen molar-refractivity contribution in [2.75, 3.05) is 0 Å². The molecule has 1 rings (SSSR count). The van der Waals surface area contributed by atoms with Gasteiger partial charge in [0.2, 0.25) is 5.76 Å². The molecular weight excluding hydrogens is 188 g/mol. The van der Waals surface area contributed by atoms with Crippen LogP contribution in [0.15, 0.2) is 4.42 Å². The lowest BCUT2D eigenvalue weighted by atomic mass is 10.3. The summed E-state index contributed by atoms with van der Waals surface area (Å²) in [5.41, 5.74) is 9.19. The van der Waals surface area contributed by atoms with Crippen LogP contribution in [0.3, 0.4) is 0 Å². The molecule has 0 saturated carbocycles. The normalized spacial score (nSPS) is 9.57. The van der Waals surface area contributed by atoms with Gasteiger partial charge in [-0.15, -0.1) is 0 Å². The van der Waals surface area contributed by atoms with Gasteiger partial charge in [0.25, 0.3) is 0 Å². The van der Waals surface area contributed by atoms with Crippen molar-refractivity contribution in [2.24, 2.45) is 5.73 Å². The first-order chi connectivity index (χ1) is 6.50. The van der Waals surface area contributed by atoms with Gasteiger partial charge in [0, 0.05) is 6.92 Å². The number of hydrazine groups is 1. The molecule has 0 aliphatic heterocycles. The molecule has 7 nitrogen and oxygen atoms in total. The fraction of sp³-hybridized carbons (Fsp3) is 0.286. The van der Waals surface area contributed by atoms with Crippen molar-refractivity contribution in [3.63, 3.8) is 0 Å². The first kappa shape index (κ1) is 10.0. The van der Waals surface area contributed by atoms with Crippen LogP contribution in [-0.2, 0) is 0 Å². The summed E-state index contributed by atoms with van der Waals surface area (Å²) in [6.45, 7) is 3.24. The Bertz CT molecular complexity index is 371. The van der Waals surface area contributed by atoms with Gasteiger partial charge in [-0.25, -0.2) is 15.2 Å². The summed E-state index contributed by atoms with van der Waals surface area (Å²) in [4.78, 5) is 25.4. The van der Waals surface area contributed by atoms with E-state index in [-0.39, 0.29) is 5.76 Å². The van der Waals surface area contributed by atoms with E-state index < -0.39 is 11.9 Å². The standard InChI is InChI=1S/C7H10N4O3/c1-3-5(14-4(2)9-3)6(12)10-11-7(8)13/h1-2H3,(H,10,12)(H3,8,11,13). The van der Waals surface area contributed by atoms with E-state index in [0.717, 1.165) is 0 Å². The number of primary amides is 1. The van der Waals surface area contributed by atoms with Crippen LogP contribution >= 0.6 is 0 Å². The molecule has 0 atom stereocenters. The first-order valence-electron chi connectivity index (χ1n) is 3.80. The van der Waals surface area contributed by atoms with Gasteiger partial charge in [0.1, 0.15) is 0 Å². The highest BCUT2D eigenvalue weighted by molar-refractivity contribution is 5.93. The van der Waals surface area contributed by atoms with Crippen molar-refractivity contribution in [1.29, 1.82) is 0 Å². The van der Waals surface area contributed by atoms with Crippen molar-refractivity contribution in [3.05, 3.63) is 17.3 Å². The monoisotopic (exact) mass is 198 g/mol. The molecule has 1 heterocycles. The van der Waals surface area contributed by atoms with Gasteiger partial charge < -0.3 is 10.2 Å². The number of nitrogens with one attached hydrogen (secondary N) is 2. The average Bonchev–Trinajstić information content (AvgIpc) is 2.41. The molecule has 3 amide bonds. The van der Waals surface area contributed by atoms with Crippen LogP contribution in [0.4, 0.5) is 4.79 Å². The second kappa shape index (κ2) is 3.77. The van der Waals surface area contributed by atoms with Gasteiger partial charge in [0.05, 0.1) is 5.69 Å². The molecule has 0 fully saturated rings. The SMILES string of the molecule is Cc1nc(C)c(C(=O)NNC(N)=O)o1. The Morgan fingerprint density at radius 3 is 2.43 bits per heavy atom. The Morgan fingerprint density at radius 2 is 2.00 bits per heavy atom.